The first-order chi connectivity index (χ1) is 15.6. The highest BCUT2D eigenvalue weighted by atomic mass is 19.1. The lowest BCUT2D eigenvalue weighted by atomic mass is 9.98. The van der Waals surface area contributed by atoms with Crippen LogP contribution in [0.5, 0.6) is 5.75 Å². The summed E-state index contributed by atoms with van der Waals surface area (Å²) in [6.07, 6.45) is 1.91. The van der Waals surface area contributed by atoms with Crippen molar-refractivity contribution >= 4 is 28.7 Å². The molecule has 0 spiro atoms. The number of halogens is 1. The van der Waals surface area contributed by atoms with E-state index in [0.29, 0.717) is 17.4 Å². The molecule has 0 unspecified atom stereocenters. The van der Waals surface area contributed by atoms with Gasteiger partial charge in [0.05, 0.1) is 7.11 Å². The Labute approximate surface area is 190 Å². The van der Waals surface area contributed by atoms with E-state index >= 15 is 0 Å². The number of pyridine rings is 1. The van der Waals surface area contributed by atoms with Crippen LogP contribution in [0, 0.1) is 5.82 Å². The molecule has 2 N–H and O–H groups in total. The summed E-state index contributed by atoms with van der Waals surface area (Å²) in [5.74, 6) is -2.53. The maximum absolute atomic E-state index is 13.2. The zero-order valence-electron chi connectivity index (χ0n) is 18.7. The number of aromatic nitrogens is 1. The molecule has 0 aliphatic carbocycles. The number of carbonyl (C=O) groups excluding carboxylic acids is 3. The molecular weight excluding hydrogens is 429 g/mol. The van der Waals surface area contributed by atoms with E-state index in [0.717, 1.165) is 12.7 Å². The third-order valence-electron chi connectivity index (χ3n) is 5.13. The fourth-order valence-corrected chi connectivity index (χ4v) is 3.43. The largest absolute Gasteiger partial charge is 0.505 e. The number of likely N-dealkylation sites (N-methyl/N-ethyl adjacent to an activating group) is 1. The molecule has 172 valence electrons. The smallest absolute Gasteiger partial charge is 0.341 e. The van der Waals surface area contributed by atoms with Crippen LogP contribution in [-0.4, -0.2) is 60.0 Å². The summed E-state index contributed by atoms with van der Waals surface area (Å²) in [6, 6.07) is 8.03. The average molecular weight is 453 g/mol. The van der Waals surface area contributed by atoms with Crippen molar-refractivity contribution in [2.45, 2.75) is 19.4 Å². The van der Waals surface area contributed by atoms with E-state index in [1.807, 2.05) is 0 Å². The maximum atomic E-state index is 13.2. The molecule has 1 atom stereocenters. The summed E-state index contributed by atoms with van der Waals surface area (Å²) in [5.41, 5.74) is 1.39. The van der Waals surface area contributed by atoms with E-state index in [-0.39, 0.29) is 28.4 Å². The first-order valence-electron chi connectivity index (χ1n) is 10.1. The van der Waals surface area contributed by atoms with Gasteiger partial charge in [0.2, 0.25) is 5.91 Å². The standard InChI is InChI=1S/C24H24FN3O5/c1-13(23(31)28(2)3)27-22(30)18-11-19(24(32)33-4)21(29)20-17(18)10-15(12-26-20)9-14-5-7-16(25)8-6-14/h5-8,10-13,29H,9H2,1-4H3,(H,27,30)/t13-/m0/s1. The van der Waals surface area contributed by atoms with Crippen molar-refractivity contribution in [3.05, 3.63) is 70.7 Å². The van der Waals surface area contributed by atoms with Gasteiger partial charge in [-0.1, -0.05) is 12.1 Å². The molecule has 1 aromatic heterocycles. The highest BCUT2D eigenvalue weighted by molar-refractivity contribution is 6.12. The molecule has 3 rings (SSSR count). The summed E-state index contributed by atoms with van der Waals surface area (Å²) in [5, 5.41) is 13.5. The number of esters is 1. The van der Waals surface area contributed by atoms with Gasteiger partial charge in [-0.25, -0.2) is 9.18 Å². The minimum absolute atomic E-state index is 0.0393. The van der Waals surface area contributed by atoms with Gasteiger partial charge in [0.25, 0.3) is 5.91 Å². The van der Waals surface area contributed by atoms with Gasteiger partial charge in [0.1, 0.15) is 22.9 Å². The Morgan fingerprint density at radius 2 is 1.79 bits per heavy atom. The monoisotopic (exact) mass is 453 g/mol. The quantitative estimate of drug-likeness (QED) is 0.556. The van der Waals surface area contributed by atoms with Crippen LogP contribution in [0.15, 0.2) is 42.6 Å². The average Bonchev–Trinajstić information content (AvgIpc) is 2.79. The highest BCUT2D eigenvalue weighted by Crippen LogP contribution is 2.32. The molecule has 33 heavy (non-hydrogen) atoms. The number of aromatic hydroxyl groups is 1. The van der Waals surface area contributed by atoms with Gasteiger partial charge < -0.3 is 20.1 Å². The van der Waals surface area contributed by atoms with Crippen molar-refractivity contribution in [2.24, 2.45) is 0 Å². The van der Waals surface area contributed by atoms with Crippen molar-refractivity contribution in [2.75, 3.05) is 21.2 Å². The summed E-state index contributed by atoms with van der Waals surface area (Å²) >= 11 is 0. The van der Waals surface area contributed by atoms with E-state index in [1.54, 1.807) is 39.2 Å². The second-order valence-corrected chi connectivity index (χ2v) is 7.78. The molecule has 3 aromatic rings. The summed E-state index contributed by atoms with van der Waals surface area (Å²) in [4.78, 5) is 43.1. The van der Waals surface area contributed by atoms with Crippen LogP contribution >= 0.6 is 0 Å². The second kappa shape index (κ2) is 9.64. The van der Waals surface area contributed by atoms with Crippen molar-refractivity contribution < 1.29 is 28.6 Å². The van der Waals surface area contributed by atoms with Crippen LogP contribution in [0.3, 0.4) is 0 Å². The highest BCUT2D eigenvalue weighted by Gasteiger charge is 2.24. The molecule has 1 heterocycles. The van der Waals surface area contributed by atoms with E-state index in [4.69, 9.17) is 4.74 Å². The number of methoxy groups -OCH3 is 1. The van der Waals surface area contributed by atoms with Crippen molar-refractivity contribution in [1.82, 2.24) is 15.2 Å². The maximum Gasteiger partial charge on any atom is 0.341 e. The number of benzene rings is 2. The van der Waals surface area contributed by atoms with Crippen LogP contribution in [-0.2, 0) is 16.0 Å². The number of rotatable bonds is 6. The Hall–Kier alpha value is -4.01. The third kappa shape index (κ3) is 5.08. The van der Waals surface area contributed by atoms with Crippen molar-refractivity contribution in [3.8, 4) is 5.75 Å². The Kier molecular flexibility index (Phi) is 6.91. The Bertz CT molecular complexity index is 1220. The molecule has 9 heteroatoms. The van der Waals surface area contributed by atoms with Gasteiger partial charge in [0, 0.05) is 31.2 Å². The van der Waals surface area contributed by atoms with Crippen LogP contribution in [0.2, 0.25) is 0 Å². The molecule has 0 radical (unpaired) electrons. The molecule has 2 aromatic carbocycles. The Balaban J connectivity index is 2.09. The lowest BCUT2D eigenvalue weighted by molar-refractivity contribution is -0.130. The second-order valence-electron chi connectivity index (χ2n) is 7.78. The number of hydrogen-bond acceptors (Lipinski definition) is 6. The number of ether oxygens (including phenoxy) is 1. The zero-order valence-corrected chi connectivity index (χ0v) is 18.7. The molecular formula is C24H24FN3O5. The molecule has 0 saturated heterocycles. The van der Waals surface area contributed by atoms with Crippen LogP contribution in [0.4, 0.5) is 4.39 Å². The van der Waals surface area contributed by atoms with Gasteiger partial charge in [-0.05, 0) is 48.7 Å². The van der Waals surface area contributed by atoms with Crippen LogP contribution in [0.1, 0.15) is 38.8 Å². The minimum Gasteiger partial charge on any atom is -0.505 e. The van der Waals surface area contributed by atoms with Crippen LogP contribution < -0.4 is 5.32 Å². The fourth-order valence-electron chi connectivity index (χ4n) is 3.43. The molecule has 0 saturated carbocycles. The first kappa shape index (κ1) is 23.6. The third-order valence-corrected chi connectivity index (χ3v) is 5.13. The number of nitrogens with one attached hydrogen (secondary N) is 1. The zero-order chi connectivity index (χ0) is 24.3. The SMILES string of the molecule is COC(=O)c1cc(C(=O)N[C@@H](C)C(=O)N(C)C)c2cc(Cc3ccc(F)cc3)cnc2c1O. The number of hydrogen-bond donors (Lipinski definition) is 2. The summed E-state index contributed by atoms with van der Waals surface area (Å²) in [7, 11) is 4.30. The fraction of sp³-hybridized carbons (Fsp3) is 0.250. The molecule has 0 aliphatic rings. The van der Waals surface area contributed by atoms with Gasteiger partial charge in [-0.2, -0.15) is 0 Å². The van der Waals surface area contributed by atoms with Gasteiger partial charge in [0.15, 0.2) is 5.75 Å². The number of phenolic OH excluding ortho intramolecular Hbond substituents is 1. The summed E-state index contributed by atoms with van der Waals surface area (Å²) < 4.78 is 17.9. The predicted octanol–water partition coefficient (Wildman–Crippen LogP) is 2.66. The molecule has 0 fully saturated rings. The van der Waals surface area contributed by atoms with E-state index in [2.05, 4.69) is 10.3 Å². The number of nitrogens with zero attached hydrogens (tertiary/aromatic N) is 2. The summed E-state index contributed by atoms with van der Waals surface area (Å²) in [6.45, 7) is 1.54. The molecule has 2 amide bonds. The Morgan fingerprint density at radius 3 is 2.39 bits per heavy atom. The topological polar surface area (TPSA) is 109 Å². The normalized spacial score (nSPS) is 11.7. The van der Waals surface area contributed by atoms with Crippen molar-refractivity contribution in [1.29, 1.82) is 0 Å². The minimum atomic E-state index is -0.835. The van der Waals surface area contributed by atoms with E-state index in [9.17, 15) is 23.9 Å². The number of phenols is 1. The van der Waals surface area contributed by atoms with Gasteiger partial charge >= 0.3 is 5.97 Å². The number of fused-ring (bicyclic) bond motifs is 1. The lowest BCUT2D eigenvalue weighted by Gasteiger charge is -2.19. The lowest BCUT2D eigenvalue weighted by Crippen LogP contribution is -2.44. The first-order valence-corrected chi connectivity index (χ1v) is 10.1. The molecule has 8 nitrogen and oxygen atoms in total. The van der Waals surface area contributed by atoms with E-state index in [1.165, 1.54) is 29.3 Å². The van der Waals surface area contributed by atoms with Crippen LogP contribution in [0.25, 0.3) is 10.9 Å². The molecule has 0 bridgehead atoms. The van der Waals surface area contributed by atoms with Crippen molar-refractivity contribution in [3.63, 3.8) is 0 Å². The Morgan fingerprint density at radius 1 is 1.12 bits per heavy atom. The number of carbonyl (C=O) groups is 3. The predicted molar refractivity (Wildman–Crippen MR) is 120 cm³/mol. The van der Waals surface area contributed by atoms with Gasteiger partial charge in [-0.15, -0.1) is 0 Å². The molecule has 0 aliphatic heterocycles. The number of amides is 2. The van der Waals surface area contributed by atoms with E-state index < -0.39 is 23.7 Å². The van der Waals surface area contributed by atoms with Gasteiger partial charge in [-0.3, -0.25) is 14.6 Å².